The fraction of sp³-hybridized carbons (Fsp3) is 0.292. The summed E-state index contributed by atoms with van der Waals surface area (Å²) < 4.78 is 11.0. The lowest BCUT2D eigenvalue weighted by Crippen LogP contribution is -2.31. The molecule has 0 spiro atoms. The SMILES string of the molecule is Cc1cc2c(cc1C)C(O)=C(C(CO)c1c(O)c3cc(C)c(C)cc3oc1=O)C(O)O2. The summed E-state index contributed by atoms with van der Waals surface area (Å²) in [5.74, 6) is -1.64. The normalized spacial score (nSPS) is 16.9. The van der Waals surface area contributed by atoms with Crippen molar-refractivity contribution in [3.63, 3.8) is 0 Å². The van der Waals surface area contributed by atoms with Crippen molar-refractivity contribution in [1.82, 2.24) is 0 Å². The number of ether oxygens (including phenoxy) is 1. The van der Waals surface area contributed by atoms with Gasteiger partial charge in [-0.3, -0.25) is 0 Å². The Morgan fingerprint density at radius 2 is 1.58 bits per heavy atom. The molecule has 2 atom stereocenters. The highest BCUT2D eigenvalue weighted by Gasteiger charge is 2.37. The molecule has 1 aromatic heterocycles. The van der Waals surface area contributed by atoms with E-state index in [0.29, 0.717) is 10.9 Å². The molecule has 1 aliphatic rings. The zero-order valence-corrected chi connectivity index (χ0v) is 17.7. The number of aliphatic hydroxyl groups excluding tert-OH is 3. The van der Waals surface area contributed by atoms with Crippen LogP contribution in [0.15, 0.2) is 39.1 Å². The first kappa shape index (κ1) is 21.0. The molecule has 4 rings (SSSR count). The molecule has 2 aromatic carbocycles. The maximum Gasteiger partial charge on any atom is 0.343 e. The Labute approximate surface area is 178 Å². The van der Waals surface area contributed by atoms with Gasteiger partial charge in [0.05, 0.1) is 28.7 Å². The van der Waals surface area contributed by atoms with E-state index in [2.05, 4.69) is 0 Å². The lowest BCUT2D eigenvalue weighted by molar-refractivity contribution is 0.00272. The highest BCUT2D eigenvalue weighted by molar-refractivity contribution is 5.86. The number of fused-ring (bicyclic) bond motifs is 2. The van der Waals surface area contributed by atoms with Crippen molar-refractivity contribution in [3.05, 3.63) is 73.6 Å². The third-order valence-corrected chi connectivity index (χ3v) is 6.06. The van der Waals surface area contributed by atoms with Gasteiger partial charge in [0, 0.05) is 5.92 Å². The van der Waals surface area contributed by atoms with Gasteiger partial charge in [-0.05, 0) is 74.2 Å². The molecule has 0 saturated heterocycles. The van der Waals surface area contributed by atoms with Gasteiger partial charge in [-0.2, -0.15) is 0 Å². The molecule has 0 amide bonds. The minimum Gasteiger partial charge on any atom is -0.507 e. The van der Waals surface area contributed by atoms with Gasteiger partial charge in [0.2, 0.25) is 6.29 Å². The van der Waals surface area contributed by atoms with Gasteiger partial charge < -0.3 is 29.6 Å². The van der Waals surface area contributed by atoms with Gasteiger partial charge in [-0.1, -0.05) is 0 Å². The summed E-state index contributed by atoms with van der Waals surface area (Å²) in [7, 11) is 0. The first-order chi connectivity index (χ1) is 14.6. The van der Waals surface area contributed by atoms with Crippen LogP contribution >= 0.6 is 0 Å². The predicted molar refractivity (Wildman–Crippen MR) is 116 cm³/mol. The fourth-order valence-corrected chi connectivity index (χ4v) is 3.97. The fourth-order valence-electron chi connectivity index (χ4n) is 3.97. The zero-order valence-electron chi connectivity index (χ0n) is 17.7. The minimum atomic E-state index is -1.62. The van der Waals surface area contributed by atoms with Crippen LogP contribution in [0.5, 0.6) is 11.5 Å². The van der Waals surface area contributed by atoms with Crippen LogP contribution in [0, 0.1) is 27.7 Å². The van der Waals surface area contributed by atoms with E-state index in [1.54, 1.807) is 24.3 Å². The summed E-state index contributed by atoms with van der Waals surface area (Å²) in [5.41, 5.74) is 2.87. The summed E-state index contributed by atoms with van der Waals surface area (Å²) in [4.78, 5) is 12.8. The molecule has 7 nitrogen and oxygen atoms in total. The van der Waals surface area contributed by atoms with Crippen LogP contribution < -0.4 is 10.4 Å². The molecule has 162 valence electrons. The molecule has 0 radical (unpaired) electrons. The van der Waals surface area contributed by atoms with E-state index in [1.807, 2.05) is 27.7 Å². The quantitative estimate of drug-likeness (QED) is 0.475. The third-order valence-electron chi connectivity index (χ3n) is 6.06. The van der Waals surface area contributed by atoms with Gasteiger partial charge in [0.1, 0.15) is 22.8 Å². The van der Waals surface area contributed by atoms with E-state index in [1.165, 1.54) is 0 Å². The Balaban J connectivity index is 1.97. The van der Waals surface area contributed by atoms with E-state index in [0.717, 1.165) is 22.3 Å². The molecule has 2 unspecified atom stereocenters. The summed E-state index contributed by atoms with van der Waals surface area (Å²) >= 11 is 0. The van der Waals surface area contributed by atoms with E-state index in [4.69, 9.17) is 9.15 Å². The van der Waals surface area contributed by atoms with Gasteiger partial charge >= 0.3 is 5.63 Å². The smallest absolute Gasteiger partial charge is 0.343 e. The van der Waals surface area contributed by atoms with Crippen molar-refractivity contribution < 1.29 is 29.6 Å². The van der Waals surface area contributed by atoms with Crippen LogP contribution in [0.25, 0.3) is 16.7 Å². The van der Waals surface area contributed by atoms with E-state index < -0.39 is 24.4 Å². The third kappa shape index (κ3) is 3.26. The molecular weight excluding hydrogens is 400 g/mol. The number of benzene rings is 2. The molecule has 0 fully saturated rings. The van der Waals surface area contributed by atoms with Gasteiger partial charge in [0.25, 0.3) is 0 Å². The van der Waals surface area contributed by atoms with Crippen molar-refractivity contribution in [3.8, 4) is 11.5 Å². The van der Waals surface area contributed by atoms with Crippen LogP contribution in [0.1, 0.15) is 39.3 Å². The zero-order chi connectivity index (χ0) is 22.6. The second-order valence-electron chi connectivity index (χ2n) is 8.03. The van der Waals surface area contributed by atoms with Gasteiger partial charge in [0.15, 0.2) is 0 Å². The average Bonchev–Trinajstić information content (AvgIpc) is 2.70. The maximum atomic E-state index is 12.8. The van der Waals surface area contributed by atoms with Gasteiger partial charge in [-0.15, -0.1) is 0 Å². The second-order valence-corrected chi connectivity index (χ2v) is 8.03. The Bertz CT molecular complexity index is 1300. The molecule has 1 aliphatic heterocycles. The number of aryl methyl sites for hydroxylation is 4. The first-order valence-electron chi connectivity index (χ1n) is 9.91. The van der Waals surface area contributed by atoms with Crippen LogP contribution in [-0.4, -0.2) is 33.3 Å². The summed E-state index contributed by atoms with van der Waals surface area (Å²) in [6.07, 6.45) is -1.62. The molecule has 7 heteroatoms. The monoisotopic (exact) mass is 424 g/mol. The predicted octanol–water partition coefficient (Wildman–Crippen LogP) is 3.49. The molecule has 4 N–H and O–H groups in total. The van der Waals surface area contributed by atoms with Gasteiger partial charge in [-0.25, -0.2) is 4.79 Å². The van der Waals surface area contributed by atoms with Crippen LogP contribution in [0.2, 0.25) is 0 Å². The number of hydrogen-bond donors (Lipinski definition) is 4. The number of rotatable bonds is 3. The van der Waals surface area contributed by atoms with Crippen molar-refractivity contribution in [2.75, 3.05) is 6.61 Å². The number of aromatic hydroxyl groups is 1. The van der Waals surface area contributed by atoms with Crippen LogP contribution in [0.3, 0.4) is 0 Å². The molecule has 2 heterocycles. The topological polar surface area (TPSA) is 120 Å². The molecule has 0 aliphatic carbocycles. The largest absolute Gasteiger partial charge is 0.507 e. The standard InChI is InChI=1S/C24H24O7/c1-10-5-14-17(7-12(10)3)30-23(28)19(21(14)26)16(9-25)20-22(27)15-6-11(2)13(4)8-18(15)31-24(20)29/h5-8,16,23,25-28H,9H2,1-4H3. The summed E-state index contributed by atoms with van der Waals surface area (Å²) in [5, 5.41) is 42.9. The minimum absolute atomic E-state index is 0.121. The van der Waals surface area contributed by atoms with Crippen molar-refractivity contribution in [1.29, 1.82) is 0 Å². The highest BCUT2D eigenvalue weighted by Crippen LogP contribution is 2.43. The number of hydrogen-bond acceptors (Lipinski definition) is 7. The average molecular weight is 424 g/mol. The van der Waals surface area contributed by atoms with Crippen molar-refractivity contribution in [2.45, 2.75) is 39.9 Å². The molecule has 3 aromatic rings. The Hall–Kier alpha value is -3.29. The van der Waals surface area contributed by atoms with E-state index >= 15 is 0 Å². The highest BCUT2D eigenvalue weighted by atomic mass is 16.6. The number of aliphatic hydroxyl groups is 3. The van der Waals surface area contributed by atoms with Crippen molar-refractivity contribution >= 4 is 16.7 Å². The van der Waals surface area contributed by atoms with E-state index in [-0.39, 0.29) is 34.0 Å². The maximum absolute atomic E-state index is 12.8. The molecule has 0 bridgehead atoms. The van der Waals surface area contributed by atoms with Crippen LogP contribution in [-0.2, 0) is 0 Å². The Kier molecular flexibility index (Phi) is 5.03. The van der Waals surface area contributed by atoms with Crippen LogP contribution in [0.4, 0.5) is 0 Å². The summed E-state index contributed by atoms with van der Waals surface area (Å²) in [6, 6.07) is 6.74. The lowest BCUT2D eigenvalue weighted by atomic mass is 9.86. The Morgan fingerprint density at radius 1 is 0.968 bits per heavy atom. The lowest BCUT2D eigenvalue weighted by Gasteiger charge is -2.30. The molecular formula is C24H24O7. The molecule has 0 saturated carbocycles. The summed E-state index contributed by atoms with van der Waals surface area (Å²) in [6.45, 7) is 6.78. The van der Waals surface area contributed by atoms with Crippen molar-refractivity contribution in [2.24, 2.45) is 0 Å². The second kappa shape index (κ2) is 7.44. The Morgan fingerprint density at radius 3 is 2.26 bits per heavy atom. The molecule has 31 heavy (non-hydrogen) atoms. The van der Waals surface area contributed by atoms with E-state index in [9.17, 15) is 25.2 Å². The first-order valence-corrected chi connectivity index (χ1v) is 9.91.